The molecular formula is C16H21F3O. The van der Waals surface area contributed by atoms with E-state index < -0.39 is 17.8 Å². The van der Waals surface area contributed by atoms with Gasteiger partial charge < -0.3 is 5.11 Å². The zero-order valence-corrected chi connectivity index (χ0v) is 11.5. The largest absolute Gasteiger partial charge is 0.416 e. The molecule has 2 rings (SSSR count). The second-order valence-electron chi connectivity index (χ2n) is 5.72. The number of rotatable bonds is 4. The number of hydrogen-bond acceptors (Lipinski definition) is 1. The smallest absolute Gasteiger partial charge is 0.388 e. The Hall–Kier alpha value is -1.03. The van der Waals surface area contributed by atoms with Crippen LogP contribution in [0.4, 0.5) is 13.2 Å². The van der Waals surface area contributed by atoms with Gasteiger partial charge in [0.2, 0.25) is 0 Å². The average Bonchev–Trinajstić information content (AvgIpc) is 2.45. The molecule has 0 aromatic heterocycles. The van der Waals surface area contributed by atoms with Crippen molar-refractivity contribution in [1.82, 2.24) is 0 Å². The number of hydrogen-bond donors (Lipinski definition) is 1. The highest BCUT2D eigenvalue weighted by atomic mass is 19.4. The Kier molecular flexibility index (Phi) is 5.08. The fourth-order valence-electron chi connectivity index (χ4n) is 2.96. The SMILES string of the molecule is OC(CCC1CCCCC1)c1cccc(C(F)(F)F)c1. The first-order chi connectivity index (χ1) is 9.47. The molecule has 0 amide bonds. The van der Waals surface area contributed by atoms with Crippen LogP contribution < -0.4 is 0 Å². The molecule has 0 saturated heterocycles. The van der Waals surface area contributed by atoms with Gasteiger partial charge in [-0.05, 0) is 36.5 Å². The minimum atomic E-state index is -4.35. The Labute approximate surface area is 117 Å². The molecule has 1 unspecified atom stereocenters. The molecule has 1 saturated carbocycles. The Morgan fingerprint density at radius 3 is 2.50 bits per heavy atom. The van der Waals surface area contributed by atoms with Gasteiger partial charge in [-0.1, -0.05) is 44.2 Å². The highest BCUT2D eigenvalue weighted by Gasteiger charge is 2.30. The lowest BCUT2D eigenvalue weighted by atomic mass is 9.85. The van der Waals surface area contributed by atoms with E-state index in [0.29, 0.717) is 17.9 Å². The summed E-state index contributed by atoms with van der Waals surface area (Å²) in [6, 6.07) is 5.03. The van der Waals surface area contributed by atoms with Crippen LogP contribution in [0.1, 0.15) is 62.2 Å². The molecule has 1 atom stereocenters. The molecule has 1 fully saturated rings. The van der Waals surface area contributed by atoms with Crippen LogP contribution in [0.5, 0.6) is 0 Å². The van der Waals surface area contributed by atoms with E-state index in [2.05, 4.69) is 0 Å². The van der Waals surface area contributed by atoms with Gasteiger partial charge in [-0.25, -0.2) is 0 Å². The summed E-state index contributed by atoms with van der Waals surface area (Å²) in [7, 11) is 0. The fraction of sp³-hybridized carbons (Fsp3) is 0.625. The van der Waals surface area contributed by atoms with E-state index in [9.17, 15) is 18.3 Å². The summed E-state index contributed by atoms with van der Waals surface area (Å²) in [5.41, 5.74) is -0.317. The van der Waals surface area contributed by atoms with Crippen molar-refractivity contribution >= 4 is 0 Å². The third-order valence-corrected chi connectivity index (χ3v) is 4.17. The van der Waals surface area contributed by atoms with Crippen molar-refractivity contribution < 1.29 is 18.3 Å². The van der Waals surface area contributed by atoms with E-state index in [-0.39, 0.29) is 0 Å². The van der Waals surface area contributed by atoms with Gasteiger partial charge >= 0.3 is 6.18 Å². The van der Waals surface area contributed by atoms with Crippen LogP contribution in [0.2, 0.25) is 0 Å². The minimum Gasteiger partial charge on any atom is -0.388 e. The van der Waals surface area contributed by atoms with E-state index in [0.717, 1.165) is 18.6 Å². The number of alkyl halides is 3. The van der Waals surface area contributed by atoms with Crippen molar-refractivity contribution in [3.8, 4) is 0 Å². The molecule has 0 spiro atoms. The van der Waals surface area contributed by atoms with Gasteiger partial charge in [0.15, 0.2) is 0 Å². The molecule has 0 heterocycles. The highest BCUT2D eigenvalue weighted by molar-refractivity contribution is 5.27. The predicted molar refractivity (Wildman–Crippen MR) is 72.2 cm³/mol. The van der Waals surface area contributed by atoms with Crippen molar-refractivity contribution in [2.45, 2.75) is 57.2 Å². The Bertz CT molecular complexity index is 422. The quantitative estimate of drug-likeness (QED) is 0.816. The lowest BCUT2D eigenvalue weighted by molar-refractivity contribution is -0.137. The number of halogens is 3. The van der Waals surface area contributed by atoms with Crippen LogP contribution >= 0.6 is 0 Å². The number of benzene rings is 1. The summed E-state index contributed by atoms with van der Waals surface area (Å²) in [4.78, 5) is 0. The molecule has 1 N–H and O–H groups in total. The second-order valence-corrected chi connectivity index (χ2v) is 5.72. The van der Waals surface area contributed by atoms with Gasteiger partial charge in [-0.15, -0.1) is 0 Å². The monoisotopic (exact) mass is 286 g/mol. The van der Waals surface area contributed by atoms with Crippen LogP contribution in [-0.4, -0.2) is 5.11 Å². The van der Waals surface area contributed by atoms with Crippen LogP contribution in [0.15, 0.2) is 24.3 Å². The molecule has 0 bridgehead atoms. The molecule has 0 aliphatic heterocycles. The van der Waals surface area contributed by atoms with Gasteiger partial charge in [-0.3, -0.25) is 0 Å². The zero-order chi connectivity index (χ0) is 14.6. The van der Waals surface area contributed by atoms with E-state index in [4.69, 9.17) is 0 Å². The van der Waals surface area contributed by atoms with E-state index in [1.807, 2.05) is 0 Å². The molecule has 20 heavy (non-hydrogen) atoms. The van der Waals surface area contributed by atoms with Crippen molar-refractivity contribution in [2.24, 2.45) is 5.92 Å². The predicted octanol–water partition coefficient (Wildman–Crippen LogP) is 5.10. The maximum Gasteiger partial charge on any atom is 0.416 e. The highest BCUT2D eigenvalue weighted by Crippen LogP contribution is 2.33. The van der Waals surface area contributed by atoms with Gasteiger partial charge in [0, 0.05) is 0 Å². The summed E-state index contributed by atoms with van der Waals surface area (Å²) in [6.07, 6.45) is 2.45. The molecule has 1 aliphatic carbocycles. The molecule has 4 heteroatoms. The average molecular weight is 286 g/mol. The van der Waals surface area contributed by atoms with Gasteiger partial charge in [0.25, 0.3) is 0 Å². The standard InChI is InChI=1S/C16H21F3O/c17-16(18,19)14-8-4-7-13(11-14)15(20)10-9-12-5-2-1-3-6-12/h4,7-8,11-12,15,20H,1-3,5-6,9-10H2. The summed E-state index contributed by atoms with van der Waals surface area (Å²) in [6.45, 7) is 0. The van der Waals surface area contributed by atoms with E-state index >= 15 is 0 Å². The van der Waals surface area contributed by atoms with Crippen molar-refractivity contribution in [2.75, 3.05) is 0 Å². The van der Waals surface area contributed by atoms with Crippen molar-refractivity contribution in [1.29, 1.82) is 0 Å². The third-order valence-electron chi connectivity index (χ3n) is 4.17. The molecular weight excluding hydrogens is 265 g/mol. The third kappa shape index (κ3) is 4.23. The first-order valence-corrected chi connectivity index (χ1v) is 7.32. The summed E-state index contributed by atoms with van der Waals surface area (Å²) in [5.74, 6) is 0.629. The fourth-order valence-corrected chi connectivity index (χ4v) is 2.96. The Morgan fingerprint density at radius 2 is 1.85 bits per heavy atom. The normalized spacial score (nSPS) is 19.0. The summed E-state index contributed by atoms with van der Waals surface area (Å²) in [5, 5.41) is 10.1. The molecule has 112 valence electrons. The van der Waals surface area contributed by atoms with Crippen molar-refractivity contribution in [3.05, 3.63) is 35.4 Å². The Morgan fingerprint density at radius 1 is 1.15 bits per heavy atom. The summed E-state index contributed by atoms with van der Waals surface area (Å²) >= 11 is 0. The number of aliphatic hydroxyl groups is 1. The molecule has 1 aliphatic rings. The van der Waals surface area contributed by atoms with Crippen LogP contribution in [0.3, 0.4) is 0 Å². The van der Waals surface area contributed by atoms with Crippen LogP contribution in [0.25, 0.3) is 0 Å². The van der Waals surface area contributed by atoms with E-state index in [1.165, 1.54) is 38.2 Å². The lowest BCUT2D eigenvalue weighted by Crippen LogP contribution is -2.10. The zero-order valence-electron chi connectivity index (χ0n) is 11.5. The van der Waals surface area contributed by atoms with Crippen LogP contribution in [0, 0.1) is 5.92 Å². The van der Waals surface area contributed by atoms with Gasteiger partial charge in [0.05, 0.1) is 11.7 Å². The van der Waals surface area contributed by atoms with Gasteiger partial charge in [-0.2, -0.15) is 13.2 Å². The molecule has 1 aromatic carbocycles. The molecule has 1 nitrogen and oxygen atoms in total. The topological polar surface area (TPSA) is 20.2 Å². The first kappa shape index (κ1) is 15.4. The Balaban J connectivity index is 1.93. The second kappa shape index (κ2) is 6.61. The molecule has 1 aromatic rings. The first-order valence-electron chi connectivity index (χ1n) is 7.32. The van der Waals surface area contributed by atoms with Crippen molar-refractivity contribution in [3.63, 3.8) is 0 Å². The maximum absolute atomic E-state index is 12.6. The minimum absolute atomic E-state index is 0.371. The maximum atomic E-state index is 12.6. The van der Waals surface area contributed by atoms with Crippen LogP contribution in [-0.2, 0) is 6.18 Å². The summed E-state index contributed by atoms with van der Waals surface area (Å²) < 4.78 is 37.9. The lowest BCUT2D eigenvalue weighted by Gasteiger charge is -2.22. The molecule has 0 radical (unpaired) electrons. The van der Waals surface area contributed by atoms with E-state index in [1.54, 1.807) is 6.07 Å². The van der Waals surface area contributed by atoms with Gasteiger partial charge in [0.1, 0.15) is 0 Å². The number of aliphatic hydroxyl groups excluding tert-OH is 1.